The molecule has 0 amide bonds. The minimum absolute atomic E-state index is 0.130. The van der Waals surface area contributed by atoms with E-state index in [0.29, 0.717) is 13.0 Å². The molecule has 0 aromatic carbocycles. The lowest BCUT2D eigenvalue weighted by Crippen LogP contribution is -2.22. The van der Waals surface area contributed by atoms with Crippen LogP contribution in [0.25, 0.3) is 0 Å². The van der Waals surface area contributed by atoms with Gasteiger partial charge in [0.15, 0.2) is 0 Å². The second-order valence-corrected chi connectivity index (χ2v) is 4.91. The molecule has 17 heavy (non-hydrogen) atoms. The lowest BCUT2D eigenvalue weighted by atomic mass is 9.97. The van der Waals surface area contributed by atoms with E-state index in [1.807, 2.05) is 6.08 Å². The quantitative estimate of drug-likeness (QED) is 0.389. The molecule has 0 spiro atoms. The van der Waals surface area contributed by atoms with Crippen LogP contribution in [0, 0.1) is 11.3 Å². The van der Waals surface area contributed by atoms with E-state index in [-0.39, 0.29) is 18.5 Å². The number of hydrogen-bond donors (Lipinski definition) is 0. The van der Waals surface area contributed by atoms with Gasteiger partial charge in [-0.2, -0.15) is 0 Å². The van der Waals surface area contributed by atoms with E-state index < -0.39 is 5.41 Å². The van der Waals surface area contributed by atoms with Crippen LogP contribution in [0.4, 0.5) is 0 Å². The second-order valence-electron chi connectivity index (χ2n) is 4.91. The fourth-order valence-electron chi connectivity index (χ4n) is 1.06. The van der Waals surface area contributed by atoms with E-state index in [2.05, 4.69) is 0 Å². The van der Waals surface area contributed by atoms with Crippen LogP contribution in [0.2, 0.25) is 0 Å². The first kappa shape index (κ1) is 15.8. The molecular weight excluding hydrogens is 220 g/mol. The van der Waals surface area contributed by atoms with Crippen LogP contribution in [0.1, 0.15) is 27.2 Å². The molecule has 4 heteroatoms. The molecule has 0 N–H and O–H groups in total. The highest BCUT2D eigenvalue weighted by Crippen LogP contribution is 2.14. The molecule has 0 bridgehead atoms. The van der Waals surface area contributed by atoms with E-state index in [1.54, 1.807) is 34.0 Å². The highest BCUT2D eigenvalue weighted by Gasteiger charge is 2.22. The van der Waals surface area contributed by atoms with Crippen LogP contribution in [-0.2, 0) is 19.1 Å². The zero-order chi connectivity index (χ0) is 13.3. The standard InChI is InChI=1S/C13H22O4/c1-13(2,3)12(15)17-8-6-5-7-11(9-14)10-16-4/h5-6,9,11H,7-8,10H2,1-4H3/b6-5+/t11-/m1/s1. The van der Waals surface area contributed by atoms with Crippen LogP contribution in [0.15, 0.2) is 12.2 Å². The van der Waals surface area contributed by atoms with E-state index >= 15 is 0 Å². The number of carbonyl (C=O) groups is 2. The molecule has 0 unspecified atom stereocenters. The molecule has 0 saturated heterocycles. The molecule has 0 saturated carbocycles. The Hall–Kier alpha value is -1.16. The molecule has 0 radical (unpaired) electrons. The Labute approximate surface area is 103 Å². The van der Waals surface area contributed by atoms with E-state index in [9.17, 15) is 9.59 Å². The highest BCUT2D eigenvalue weighted by atomic mass is 16.5. The molecule has 0 aromatic heterocycles. The summed E-state index contributed by atoms with van der Waals surface area (Å²) in [5.41, 5.74) is -0.477. The van der Waals surface area contributed by atoms with Crippen molar-refractivity contribution < 1.29 is 19.1 Å². The van der Waals surface area contributed by atoms with Crippen LogP contribution in [0.3, 0.4) is 0 Å². The van der Waals surface area contributed by atoms with Gasteiger partial charge in [0.05, 0.1) is 12.0 Å². The molecule has 0 aliphatic heterocycles. The molecule has 1 atom stereocenters. The lowest BCUT2D eigenvalue weighted by molar-refractivity contribution is -0.151. The number of rotatable bonds is 7. The van der Waals surface area contributed by atoms with Crippen molar-refractivity contribution >= 4 is 12.3 Å². The maximum Gasteiger partial charge on any atom is 0.311 e. The summed E-state index contributed by atoms with van der Waals surface area (Å²) in [6, 6.07) is 0. The topological polar surface area (TPSA) is 52.6 Å². The van der Waals surface area contributed by atoms with Gasteiger partial charge in [-0.15, -0.1) is 0 Å². The summed E-state index contributed by atoms with van der Waals surface area (Å²) < 4.78 is 9.92. The molecule has 0 aliphatic carbocycles. The molecular formula is C13H22O4. The molecule has 98 valence electrons. The largest absolute Gasteiger partial charge is 0.461 e. The minimum atomic E-state index is -0.477. The van der Waals surface area contributed by atoms with Crippen molar-refractivity contribution in [3.63, 3.8) is 0 Å². The van der Waals surface area contributed by atoms with Crippen molar-refractivity contribution in [3.8, 4) is 0 Å². The van der Waals surface area contributed by atoms with Crippen LogP contribution >= 0.6 is 0 Å². The summed E-state index contributed by atoms with van der Waals surface area (Å²) >= 11 is 0. The SMILES string of the molecule is COC[C@@H](C=O)C/C=C/COC(=O)C(C)(C)C. The Bertz CT molecular complexity index is 263. The monoisotopic (exact) mass is 242 g/mol. The van der Waals surface area contributed by atoms with Crippen molar-refractivity contribution in [3.05, 3.63) is 12.2 Å². The van der Waals surface area contributed by atoms with E-state index in [1.165, 1.54) is 0 Å². The van der Waals surface area contributed by atoms with E-state index in [4.69, 9.17) is 9.47 Å². The van der Waals surface area contributed by atoms with Gasteiger partial charge in [-0.25, -0.2) is 0 Å². The summed E-state index contributed by atoms with van der Waals surface area (Å²) in [4.78, 5) is 22.0. The van der Waals surface area contributed by atoms with Crippen LogP contribution < -0.4 is 0 Å². The Kier molecular flexibility index (Phi) is 7.46. The zero-order valence-electron chi connectivity index (χ0n) is 11.1. The number of allylic oxidation sites excluding steroid dienone is 1. The molecule has 0 aliphatic rings. The first-order chi connectivity index (χ1) is 7.91. The predicted molar refractivity (Wildman–Crippen MR) is 65.6 cm³/mol. The Morgan fingerprint density at radius 2 is 1.94 bits per heavy atom. The summed E-state index contributed by atoms with van der Waals surface area (Å²) in [6.07, 6.45) is 5.04. The minimum Gasteiger partial charge on any atom is -0.461 e. The maximum absolute atomic E-state index is 11.4. The fraction of sp³-hybridized carbons (Fsp3) is 0.692. The van der Waals surface area contributed by atoms with Gasteiger partial charge in [0.25, 0.3) is 0 Å². The molecule has 0 fully saturated rings. The number of carbonyl (C=O) groups excluding carboxylic acids is 2. The van der Waals surface area contributed by atoms with Gasteiger partial charge >= 0.3 is 5.97 Å². The van der Waals surface area contributed by atoms with Gasteiger partial charge in [-0.05, 0) is 27.2 Å². The van der Waals surface area contributed by atoms with Crippen molar-refractivity contribution in [1.82, 2.24) is 0 Å². The van der Waals surface area contributed by atoms with Crippen LogP contribution in [0.5, 0.6) is 0 Å². The summed E-state index contributed by atoms with van der Waals surface area (Å²) in [7, 11) is 1.56. The van der Waals surface area contributed by atoms with Crippen LogP contribution in [-0.4, -0.2) is 32.6 Å². The third-order valence-electron chi connectivity index (χ3n) is 2.10. The first-order valence-electron chi connectivity index (χ1n) is 5.68. The summed E-state index contributed by atoms with van der Waals surface area (Å²) in [6.45, 7) is 6.07. The maximum atomic E-state index is 11.4. The summed E-state index contributed by atoms with van der Waals surface area (Å²) in [5, 5.41) is 0. The fourth-order valence-corrected chi connectivity index (χ4v) is 1.06. The molecule has 0 rings (SSSR count). The van der Waals surface area contributed by atoms with Gasteiger partial charge < -0.3 is 14.3 Å². The number of aldehydes is 1. The number of ether oxygens (including phenoxy) is 2. The van der Waals surface area contributed by atoms with E-state index in [0.717, 1.165) is 6.29 Å². The van der Waals surface area contributed by atoms with Gasteiger partial charge in [0.1, 0.15) is 12.9 Å². The van der Waals surface area contributed by atoms with Crippen molar-refractivity contribution in [1.29, 1.82) is 0 Å². The Morgan fingerprint density at radius 1 is 1.29 bits per heavy atom. The predicted octanol–water partition coefficient (Wildman–Crippen LogP) is 1.98. The molecule has 0 heterocycles. The zero-order valence-corrected chi connectivity index (χ0v) is 11.1. The lowest BCUT2D eigenvalue weighted by Gasteiger charge is -2.15. The average molecular weight is 242 g/mol. The van der Waals surface area contributed by atoms with Crippen molar-refractivity contribution in [2.45, 2.75) is 27.2 Å². The Balaban J connectivity index is 3.82. The van der Waals surface area contributed by atoms with Gasteiger partial charge in [-0.3, -0.25) is 4.79 Å². The highest BCUT2D eigenvalue weighted by molar-refractivity contribution is 5.75. The third-order valence-corrected chi connectivity index (χ3v) is 2.10. The number of hydrogen-bond acceptors (Lipinski definition) is 4. The van der Waals surface area contributed by atoms with Crippen molar-refractivity contribution in [2.75, 3.05) is 20.3 Å². The number of esters is 1. The Morgan fingerprint density at radius 3 is 2.41 bits per heavy atom. The second kappa shape index (κ2) is 8.01. The average Bonchev–Trinajstić information content (AvgIpc) is 2.25. The van der Waals surface area contributed by atoms with Gasteiger partial charge in [0, 0.05) is 13.0 Å². The normalized spacial score (nSPS) is 13.6. The summed E-state index contributed by atoms with van der Waals surface area (Å²) in [5.74, 6) is -0.361. The van der Waals surface area contributed by atoms with Crippen molar-refractivity contribution in [2.24, 2.45) is 11.3 Å². The molecule has 4 nitrogen and oxygen atoms in total. The smallest absolute Gasteiger partial charge is 0.311 e. The van der Waals surface area contributed by atoms with Gasteiger partial charge in [0.2, 0.25) is 0 Å². The van der Waals surface area contributed by atoms with Gasteiger partial charge in [-0.1, -0.05) is 12.2 Å². The molecule has 0 aromatic rings. The first-order valence-corrected chi connectivity index (χ1v) is 5.68. The third kappa shape index (κ3) is 7.69. The number of methoxy groups -OCH3 is 1.